The average molecular weight is 255 g/mol. The van der Waals surface area contributed by atoms with Crippen molar-refractivity contribution in [3.05, 3.63) is 35.9 Å². The van der Waals surface area contributed by atoms with Crippen LogP contribution in [0.5, 0.6) is 0 Å². The van der Waals surface area contributed by atoms with Gasteiger partial charge in [0.25, 0.3) is 0 Å². The Labute approximate surface area is 117 Å². The second-order valence-corrected chi connectivity index (χ2v) is 5.59. The van der Waals surface area contributed by atoms with Gasteiger partial charge in [0.05, 0.1) is 0 Å². The molecule has 0 amide bonds. The largest absolute Gasteiger partial charge is 0.310 e. The van der Waals surface area contributed by atoms with Crippen molar-refractivity contribution in [1.82, 2.24) is 5.32 Å². The van der Waals surface area contributed by atoms with Crippen LogP contribution in [0.4, 0.5) is 0 Å². The van der Waals surface area contributed by atoms with Gasteiger partial charge in [0.1, 0.15) is 0 Å². The number of hydrogen-bond donors (Lipinski definition) is 1. The lowest BCUT2D eigenvalue weighted by Gasteiger charge is -2.35. The molecule has 1 fully saturated rings. The topological polar surface area (TPSA) is 12.0 Å². The van der Waals surface area contributed by atoms with E-state index in [1.54, 1.807) is 0 Å². The lowest BCUT2D eigenvalue weighted by molar-refractivity contribution is 0.296. The molecular weight excluding hydrogens is 230 g/mol. The molecule has 1 saturated carbocycles. The van der Waals surface area contributed by atoms with Gasteiger partial charge in [-0.2, -0.15) is 0 Å². The summed E-state index contributed by atoms with van der Waals surface area (Å²) in [5, 5.41) is 3.81. The highest BCUT2D eigenvalue weighted by Crippen LogP contribution is 2.33. The minimum absolute atomic E-state index is 0.472. The maximum atomic E-state index is 5.47. The summed E-state index contributed by atoms with van der Waals surface area (Å²) in [7, 11) is 0. The molecule has 0 heterocycles. The maximum absolute atomic E-state index is 5.47. The Morgan fingerprint density at radius 3 is 2.68 bits per heavy atom. The number of terminal acetylenes is 1. The molecule has 102 valence electrons. The summed E-state index contributed by atoms with van der Waals surface area (Å²) in [5.74, 6) is 3.45. The van der Waals surface area contributed by atoms with E-state index in [0.717, 1.165) is 12.8 Å². The van der Waals surface area contributed by atoms with Crippen molar-refractivity contribution in [3.63, 3.8) is 0 Å². The van der Waals surface area contributed by atoms with Crippen molar-refractivity contribution >= 4 is 0 Å². The van der Waals surface area contributed by atoms with Crippen LogP contribution in [0.2, 0.25) is 0 Å². The molecule has 0 bridgehead atoms. The zero-order chi connectivity index (χ0) is 13.5. The molecule has 1 N–H and O–H groups in total. The van der Waals surface area contributed by atoms with Crippen molar-refractivity contribution in [1.29, 1.82) is 0 Å². The normalized spacial score (nSPS) is 24.6. The van der Waals surface area contributed by atoms with Crippen LogP contribution in [0, 0.1) is 12.3 Å². The summed E-state index contributed by atoms with van der Waals surface area (Å²) in [6, 6.07) is 12.0. The van der Waals surface area contributed by atoms with E-state index in [1.807, 2.05) is 0 Å². The molecule has 1 heteroatoms. The fourth-order valence-electron chi connectivity index (χ4n) is 3.20. The number of hydrogen-bond acceptors (Lipinski definition) is 1. The van der Waals surface area contributed by atoms with E-state index in [0.29, 0.717) is 18.0 Å². The van der Waals surface area contributed by atoms with Gasteiger partial charge in [0.2, 0.25) is 0 Å². The SMILES string of the molecule is C#CCC(CC)NC1CCCCC1c1ccccc1. The first-order chi connectivity index (χ1) is 9.35. The van der Waals surface area contributed by atoms with E-state index in [4.69, 9.17) is 6.42 Å². The molecule has 0 spiro atoms. The average Bonchev–Trinajstić information content (AvgIpc) is 2.48. The zero-order valence-electron chi connectivity index (χ0n) is 11.9. The predicted molar refractivity (Wildman–Crippen MR) is 82.1 cm³/mol. The van der Waals surface area contributed by atoms with Gasteiger partial charge in [-0.25, -0.2) is 0 Å². The molecule has 3 atom stereocenters. The monoisotopic (exact) mass is 255 g/mol. The molecule has 1 aromatic rings. The first-order valence-electron chi connectivity index (χ1n) is 7.59. The highest BCUT2D eigenvalue weighted by Gasteiger charge is 2.27. The van der Waals surface area contributed by atoms with Crippen molar-refractivity contribution in [2.24, 2.45) is 0 Å². The molecule has 0 saturated heterocycles. The summed E-state index contributed by atoms with van der Waals surface area (Å²) in [6.07, 6.45) is 12.7. The van der Waals surface area contributed by atoms with Crippen LogP contribution in [-0.4, -0.2) is 12.1 Å². The standard InChI is InChI=1S/C18H25N/c1-3-10-16(4-2)19-18-14-9-8-13-17(18)15-11-6-5-7-12-15/h1,5-7,11-12,16-19H,4,8-10,13-14H2,2H3. The third-order valence-electron chi connectivity index (χ3n) is 4.30. The molecule has 2 rings (SSSR count). The molecule has 1 aliphatic rings. The zero-order valence-corrected chi connectivity index (χ0v) is 11.9. The quantitative estimate of drug-likeness (QED) is 0.781. The second-order valence-electron chi connectivity index (χ2n) is 5.59. The number of nitrogens with one attached hydrogen (secondary N) is 1. The summed E-state index contributed by atoms with van der Waals surface area (Å²) >= 11 is 0. The van der Waals surface area contributed by atoms with Gasteiger partial charge in [-0.3, -0.25) is 0 Å². The summed E-state index contributed by atoms with van der Waals surface area (Å²) in [4.78, 5) is 0. The van der Waals surface area contributed by atoms with Crippen LogP contribution < -0.4 is 5.32 Å². The van der Waals surface area contributed by atoms with Crippen molar-refractivity contribution in [2.75, 3.05) is 0 Å². The van der Waals surface area contributed by atoms with E-state index in [9.17, 15) is 0 Å². The van der Waals surface area contributed by atoms with Gasteiger partial charge in [0, 0.05) is 18.5 Å². The Morgan fingerprint density at radius 2 is 2.00 bits per heavy atom. The van der Waals surface area contributed by atoms with E-state index in [-0.39, 0.29) is 0 Å². The van der Waals surface area contributed by atoms with Crippen molar-refractivity contribution in [2.45, 2.75) is 63.5 Å². The Balaban J connectivity index is 2.06. The fraction of sp³-hybridized carbons (Fsp3) is 0.556. The molecule has 0 aliphatic heterocycles. The Bertz CT molecular complexity index is 403. The lowest BCUT2D eigenvalue weighted by Crippen LogP contribution is -2.43. The van der Waals surface area contributed by atoms with Gasteiger partial charge < -0.3 is 5.32 Å². The van der Waals surface area contributed by atoms with Crippen LogP contribution in [0.15, 0.2) is 30.3 Å². The van der Waals surface area contributed by atoms with Gasteiger partial charge in [-0.15, -0.1) is 12.3 Å². The van der Waals surface area contributed by atoms with E-state index in [2.05, 4.69) is 48.5 Å². The first kappa shape index (κ1) is 14.2. The molecule has 1 aromatic carbocycles. The van der Waals surface area contributed by atoms with Crippen molar-refractivity contribution in [3.8, 4) is 12.3 Å². The Hall–Kier alpha value is -1.26. The van der Waals surface area contributed by atoms with E-state index in [1.165, 1.54) is 31.2 Å². The van der Waals surface area contributed by atoms with Crippen LogP contribution in [0.1, 0.15) is 56.9 Å². The third kappa shape index (κ3) is 3.85. The minimum atomic E-state index is 0.472. The highest BCUT2D eigenvalue weighted by atomic mass is 15.0. The van der Waals surface area contributed by atoms with Crippen LogP contribution in [0.25, 0.3) is 0 Å². The second kappa shape index (κ2) is 7.36. The number of rotatable bonds is 5. The molecule has 3 unspecified atom stereocenters. The van der Waals surface area contributed by atoms with Crippen LogP contribution in [0.3, 0.4) is 0 Å². The fourth-order valence-corrected chi connectivity index (χ4v) is 3.20. The maximum Gasteiger partial charge on any atom is 0.0240 e. The summed E-state index contributed by atoms with van der Waals surface area (Å²) < 4.78 is 0. The first-order valence-corrected chi connectivity index (χ1v) is 7.59. The van der Waals surface area contributed by atoms with Gasteiger partial charge in [-0.05, 0) is 30.7 Å². The Morgan fingerprint density at radius 1 is 1.26 bits per heavy atom. The predicted octanol–water partition coefficient (Wildman–Crippen LogP) is 4.10. The Kier molecular flexibility index (Phi) is 5.48. The summed E-state index contributed by atoms with van der Waals surface area (Å²) in [6.45, 7) is 2.22. The van der Waals surface area contributed by atoms with Crippen LogP contribution in [-0.2, 0) is 0 Å². The molecule has 19 heavy (non-hydrogen) atoms. The molecule has 1 nitrogen and oxygen atoms in total. The highest BCUT2D eigenvalue weighted by molar-refractivity contribution is 5.22. The molecule has 1 aliphatic carbocycles. The van der Waals surface area contributed by atoms with Crippen molar-refractivity contribution < 1.29 is 0 Å². The molecule has 0 aromatic heterocycles. The third-order valence-corrected chi connectivity index (χ3v) is 4.30. The minimum Gasteiger partial charge on any atom is -0.310 e. The molecular formula is C18H25N. The lowest BCUT2D eigenvalue weighted by atomic mass is 9.79. The van der Waals surface area contributed by atoms with E-state index >= 15 is 0 Å². The smallest absolute Gasteiger partial charge is 0.0240 e. The summed E-state index contributed by atoms with van der Waals surface area (Å²) in [5.41, 5.74) is 1.48. The number of benzene rings is 1. The van der Waals surface area contributed by atoms with Gasteiger partial charge in [0.15, 0.2) is 0 Å². The van der Waals surface area contributed by atoms with Gasteiger partial charge in [-0.1, -0.05) is 50.1 Å². The van der Waals surface area contributed by atoms with Crippen LogP contribution >= 0.6 is 0 Å². The molecule has 0 radical (unpaired) electrons. The van der Waals surface area contributed by atoms with E-state index < -0.39 is 0 Å². The van der Waals surface area contributed by atoms with Gasteiger partial charge >= 0.3 is 0 Å².